The Bertz CT molecular complexity index is 1260. The molecule has 6 heteroatoms. The lowest BCUT2D eigenvalue weighted by Gasteiger charge is -2.29. The Hall–Kier alpha value is -3.15. The molecule has 4 aromatic rings. The molecule has 0 spiro atoms. The number of rotatable bonds is 4. The maximum absolute atomic E-state index is 6.31. The Kier molecular flexibility index (Phi) is 5.45. The minimum Gasteiger partial charge on any atom is -0.351 e. The van der Waals surface area contributed by atoms with Crippen molar-refractivity contribution in [3.63, 3.8) is 0 Å². The number of benzene rings is 2. The van der Waals surface area contributed by atoms with Gasteiger partial charge in [-0.3, -0.25) is 4.98 Å². The molecule has 0 radical (unpaired) electrons. The molecule has 2 aromatic carbocycles. The molecular weight excluding hydrogens is 436 g/mol. The second-order valence-electron chi connectivity index (χ2n) is 8.13. The molecule has 0 aliphatic carbocycles. The van der Waals surface area contributed by atoms with Crippen LogP contribution < -0.4 is 10.2 Å². The molecule has 0 saturated carbocycles. The number of hydrogen-bond donors (Lipinski definition) is 1. The van der Waals surface area contributed by atoms with E-state index < -0.39 is 0 Å². The van der Waals surface area contributed by atoms with E-state index in [1.807, 2.05) is 42.6 Å². The van der Waals surface area contributed by atoms with E-state index in [9.17, 15) is 0 Å². The van der Waals surface area contributed by atoms with Crippen LogP contribution in [0.2, 0.25) is 5.02 Å². The zero-order valence-corrected chi connectivity index (χ0v) is 19.4. The van der Waals surface area contributed by atoms with E-state index in [1.165, 1.54) is 11.1 Å². The molecule has 1 saturated heterocycles. The van der Waals surface area contributed by atoms with Crippen molar-refractivity contribution in [2.45, 2.75) is 25.9 Å². The number of nitrogens with one attached hydrogen (secondary N) is 1. The Labute approximate surface area is 198 Å². The number of aryl methyl sites for hydroxylation is 2. The number of pyridine rings is 1. The fourth-order valence-corrected chi connectivity index (χ4v) is 5.05. The Balaban J connectivity index is 1.69. The summed E-state index contributed by atoms with van der Waals surface area (Å²) in [6, 6.07) is 24.4. The summed E-state index contributed by atoms with van der Waals surface area (Å²) in [7, 11) is 0. The Morgan fingerprint density at radius 3 is 2.44 bits per heavy atom. The Morgan fingerprint density at radius 1 is 0.906 bits per heavy atom. The average Bonchev–Trinajstić information content (AvgIpc) is 3.38. The smallest absolute Gasteiger partial charge is 0.174 e. The predicted molar refractivity (Wildman–Crippen MR) is 135 cm³/mol. The molecule has 5 rings (SSSR count). The Morgan fingerprint density at radius 2 is 1.72 bits per heavy atom. The predicted octanol–water partition coefficient (Wildman–Crippen LogP) is 6.32. The largest absolute Gasteiger partial charge is 0.351 e. The van der Waals surface area contributed by atoms with Gasteiger partial charge in [0.1, 0.15) is 6.04 Å². The van der Waals surface area contributed by atoms with Crippen LogP contribution in [0.4, 0.5) is 5.69 Å². The molecule has 0 bridgehead atoms. The summed E-state index contributed by atoms with van der Waals surface area (Å²) in [4.78, 5) is 6.87. The zero-order chi connectivity index (χ0) is 22.2. The first kappa shape index (κ1) is 20.7. The van der Waals surface area contributed by atoms with Gasteiger partial charge in [-0.05, 0) is 91.8 Å². The quantitative estimate of drug-likeness (QED) is 0.363. The van der Waals surface area contributed by atoms with Crippen molar-refractivity contribution >= 4 is 34.6 Å². The topological polar surface area (TPSA) is 33.1 Å². The van der Waals surface area contributed by atoms with Crippen molar-refractivity contribution in [1.82, 2.24) is 14.9 Å². The van der Waals surface area contributed by atoms with Crippen LogP contribution in [0, 0.1) is 13.8 Å². The minimum atomic E-state index is -0.0997. The summed E-state index contributed by atoms with van der Waals surface area (Å²) in [6.45, 7) is 4.23. The molecule has 2 aromatic heterocycles. The monoisotopic (exact) mass is 458 g/mol. The van der Waals surface area contributed by atoms with E-state index >= 15 is 0 Å². The normalized spacial score (nSPS) is 18.1. The maximum atomic E-state index is 6.31. The van der Waals surface area contributed by atoms with Crippen LogP contribution in [-0.4, -0.2) is 14.7 Å². The molecule has 4 nitrogen and oxygen atoms in total. The van der Waals surface area contributed by atoms with Crippen molar-refractivity contribution in [2.75, 3.05) is 4.90 Å². The molecule has 0 amide bonds. The first-order chi connectivity index (χ1) is 15.5. The van der Waals surface area contributed by atoms with Gasteiger partial charge in [0.15, 0.2) is 5.11 Å². The first-order valence-corrected chi connectivity index (χ1v) is 11.3. The van der Waals surface area contributed by atoms with Gasteiger partial charge in [0.2, 0.25) is 0 Å². The van der Waals surface area contributed by atoms with Gasteiger partial charge in [-0.25, -0.2) is 0 Å². The molecule has 1 N–H and O–H groups in total. The summed E-state index contributed by atoms with van der Waals surface area (Å²) in [5.41, 5.74) is 6.54. The van der Waals surface area contributed by atoms with Crippen LogP contribution in [0.3, 0.4) is 0 Å². The van der Waals surface area contributed by atoms with Gasteiger partial charge in [0.05, 0.1) is 11.7 Å². The molecule has 1 aliphatic heterocycles. The van der Waals surface area contributed by atoms with Crippen molar-refractivity contribution < 1.29 is 0 Å². The standard InChI is InChI=1S/C26H23ClN4S/c1-17-13-18(2)15-21(14-17)31-25(24(29-26(31)32)22-9-3-4-11-28-22)23-10-6-12-30(23)20-8-5-7-19(27)16-20/h3-16,24-25H,1-2H3,(H,29,32)/t24-,25+/m0/s1. The lowest BCUT2D eigenvalue weighted by atomic mass is 10.00. The second-order valence-corrected chi connectivity index (χ2v) is 8.95. The van der Waals surface area contributed by atoms with E-state index in [0.29, 0.717) is 10.1 Å². The molecule has 1 aliphatic rings. The number of thiocarbonyl (C=S) groups is 1. The highest BCUT2D eigenvalue weighted by Gasteiger charge is 2.42. The van der Waals surface area contributed by atoms with Crippen LogP contribution in [0.25, 0.3) is 5.69 Å². The number of anilines is 1. The average molecular weight is 459 g/mol. The fraction of sp³-hybridized carbons (Fsp3) is 0.154. The lowest BCUT2D eigenvalue weighted by molar-refractivity contribution is 0.549. The lowest BCUT2D eigenvalue weighted by Crippen LogP contribution is -2.30. The van der Waals surface area contributed by atoms with Crippen molar-refractivity contribution in [2.24, 2.45) is 0 Å². The molecule has 32 heavy (non-hydrogen) atoms. The van der Waals surface area contributed by atoms with Gasteiger partial charge in [0.25, 0.3) is 0 Å². The van der Waals surface area contributed by atoms with Crippen molar-refractivity contribution in [1.29, 1.82) is 0 Å². The highest BCUT2D eigenvalue weighted by Crippen LogP contribution is 2.42. The molecular formula is C26H23ClN4S. The van der Waals surface area contributed by atoms with E-state index in [4.69, 9.17) is 23.8 Å². The summed E-state index contributed by atoms with van der Waals surface area (Å²) < 4.78 is 2.18. The fourth-order valence-electron chi connectivity index (χ4n) is 4.52. The molecule has 160 valence electrons. The number of halogens is 1. The number of hydrogen-bond acceptors (Lipinski definition) is 2. The summed E-state index contributed by atoms with van der Waals surface area (Å²) >= 11 is 12.2. The van der Waals surface area contributed by atoms with Gasteiger partial charge in [0, 0.05) is 34.5 Å². The first-order valence-electron chi connectivity index (χ1n) is 10.5. The third-order valence-corrected chi connectivity index (χ3v) is 6.30. The van der Waals surface area contributed by atoms with E-state index in [2.05, 4.69) is 76.2 Å². The van der Waals surface area contributed by atoms with E-state index in [1.54, 1.807) is 0 Å². The third-order valence-electron chi connectivity index (χ3n) is 5.75. The van der Waals surface area contributed by atoms with Crippen LogP contribution in [0.15, 0.2) is 85.2 Å². The molecule has 2 atom stereocenters. The third kappa shape index (κ3) is 3.78. The van der Waals surface area contributed by atoms with Gasteiger partial charge < -0.3 is 14.8 Å². The van der Waals surface area contributed by atoms with Gasteiger partial charge in [-0.1, -0.05) is 29.8 Å². The minimum absolute atomic E-state index is 0.0902. The van der Waals surface area contributed by atoms with Gasteiger partial charge >= 0.3 is 0 Å². The summed E-state index contributed by atoms with van der Waals surface area (Å²) in [5, 5.41) is 4.93. The number of aromatic nitrogens is 2. The van der Waals surface area contributed by atoms with Crippen molar-refractivity contribution in [3.8, 4) is 5.69 Å². The highest BCUT2D eigenvalue weighted by molar-refractivity contribution is 7.80. The molecule has 1 fully saturated rings. The number of nitrogens with zero attached hydrogens (tertiary/aromatic N) is 3. The highest BCUT2D eigenvalue weighted by atomic mass is 35.5. The van der Waals surface area contributed by atoms with Crippen LogP contribution in [0.5, 0.6) is 0 Å². The van der Waals surface area contributed by atoms with Crippen molar-refractivity contribution in [3.05, 3.63) is 113 Å². The SMILES string of the molecule is Cc1cc(C)cc(N2C(=S)N[C@@H](c3ccccn3)[C@H]2c2cccn2-c2cccc(Cl)c2)c1. The van der Waals surface area contributed by atoms with E-state index in [-0.39, 0.29) is 12.1 Å². The van der Waals surface area contributed by atoms with E-state index in [0.717, 1.165) is 22.8 Å². The maximum Gasteiger partial charge on any atom is 0.174 e. The zero-order valence-electron chi connectivity index (χ0n) is 17.9. The van der Waals surface area contributed by atoms with Gasteiger partial charge in [-0.15, -0.1) is 0 Å². The molecule has 3 heterocycles. The van der Waals surface area contributed by atoms with Crippen LogP contribution >= 0.6 is 23.8 Å². The van der Waals surface area contributed by atoms with Gasteiger partial charge in [-0.2, -0.15) is 0 Å². The summed E-state index contributed by atoms with van der Waals surface area (Å²) in [6.07, 6.45) is 3.89. The second kappa shape index (κ2) is 8.41. The summed E-state index contributed by atoms with van der Waals surface area (Å²) in [5.74, 6) is 0. The molecule has 0 unspecified atom stereocenters. The van der Waals surface area contributed by atoms with Crippen LogP contribution in [0.1, 0.15) is 34.6 Å². The van der Waals surface area contributed by atoms with Crippen LogP contribution in [-0.2, 0) is 0 Å².